The summed E-state index contributed by atoms with van der Waals surface area (Å²) >= 11 is 1.67. The third-order valence-corrected chi connectivity index (χ3v) is 6.34. The second-order valence-electron chi connectivity index (χ2n) is 7.06. The SMILES string of the molecule is CCN1CCN(c2ccccc2NC(=O)CCc2nc3ccccc3s2)CC1. The van der Waals surface area contributed by atoms with Gasteiger partial charge in [-0.1, -0.05) is 31.2 Å². The van der Waals surface area contributed by atoms with E-state index in [1.54, 1.807) is 11.3 Å². The summed E-state index contributed by atoms with van der Waals surface area (Å²) in [4.78, 5) is 22.0. The van der Waals surface area contributed by atoms with Crippen molar-refractivity contribution in [3.63, 3.8) is 0 Å². The van der Waals surface area contributed by atoms with Crippen LogP contribution in [0.25, 0.3) is 10.2 Å². The molecule has 0 bridgehead atoms. The highest BCUT2D eigenvalue weighted by Crippen LogP contribution is 2.27. The Morgan fingerprint density at radius 1 is 1.07 bits per heavy atom. The number of para-hydroxylation sites is 3. The fourth-order valence-electron chi connectivity index (χ4n) is 3.62. The third-order valence-electron chi connectivity index (χ3n) is 5.24. The number of thiazole rings is 1. The normalized spacial score (nSPS) is 15.1. The predicted octanol–water partition coefficient (Wildman–Crippen LogP) is 4.01. The first kappa shape index (κ1) is 18.9. The van der Waals surface area contributed by atoms with E-state index in [-0.39, 0.29) is 5.91 Å². The van der Waals surface area contributed by atoms with Crippen molar-refractivity contribution in [2.75, 3.05) is 42.9 Å². The van der Waals surface area contributed by atoms with Crippen LogP contribution in [0.15, 0.2) is 48.5 Å². The first-order valence-corrected chi connectivity index (χ1v) is 10.7. The van der Waals surface area contributed by atoms with Gasteiger partial charge in [0.05, 0.1) is 26.6 Å². The summed E-state index contributed by atoms with van der Waals surface area (Å²) in [5.41, 5.74) is 3.04. The van der Waals surface area contributed by atoms with Crippen LogP contribution in [-0.4, -0.2) is 48.5 Å². The van der Waals surface area contributed by atoms with Gasteiger partial charge in [-0.3, -0.25) is 4.79 Å². The lowest BCUT2D eigenvalue weighted by Gasteiger charge is -2.36. The van der Waals surface area contributed by atoms with Crippen molar-refractivity contribution >= 4 is 38.8 Å². The lowest BCUT2D eigenvalue weighted by atomic mass is 10.2. The Morgan fingerprint density at radius 3 is 2.61 bits per heavy atom. The van der Waals surface area contributed by atoms with E-state index in [9.17, 15) is 4.79 Å². The number of hydrogen-bond donors (Lipinski definition) is 1. The number of nitrogens with one attached hydrogen (secondary N) is 1. The van der Waals surface area contributed by atoms with E-state index in [4.69, 9.17) is 0 Å². The maximum absolute atomic E-state index is 12.6. The summed E-state index contributed by atoms with van der Waals surface area (Å²) in [6.45, 7) is 7.42. The molecule has 2 heterocycles. The Balaban J connectivity index is 1.38. The Hall–Kier alpha value is -2.44. The first-order chi connectivity index (χ1) is 13.7. The number of nitrogens with zero attached hydrogens (tertiary/aromatic N) is 3. The average Bonchev–Trinajstić information content (AvgIpc) is 3.16. The molecule has 6 heteroatoms. The van der Waals surface area contributed by atoms with Gasteiger partial charge in [-0.25, -0.2) is 4.98 Å². The minimum absolute atomic E-state index is 0.0406. The smallest absolute Gasteiger partial charge is 0.224 e. The van der Waals surface area contributed by atoms with Crippen LogP contribution in [0.5, 0.6) is 0 Å². The molecule has 4 rings (SSSR count). The molecule has 0 atom stereocenters. The summed E-state index contributed by atoms with van der Waals surface area (Å²) in [5, 5.41) is 4.13. The van der Waals surface area contributed by atoms with E-state index >= 15 is 0 Å². The molecular weight excluding hydrogens is 368 g/mol. The zero-order valence-electron chi connectivity index (χ0n) is 16.2. The second-order valence-corrected chi connectivity index (χ2v) is 8.18. The van der Waals surface area contributed by atoms with E-state index in [1.165, 1.54) is 4.70 Å². The number of rotatable bonds is 6. The van der Waals surface area contributed by atoms with Crippen molar-refractivity contribution in [2.45, 2.75) is 19.8 Å². The summed E-state index contributed by atoms with van der Waals surface area (Å²) < 4.78 is 1.18. The lowest BCUT2D eigenvalue weighted by Crippen LogP contribution is -2.46. The van der Waals surface area contributed by atoms with E-state index in [1.807, 2.05) is 36.4 Å². The number of likely N-dealkylation sites (N-methyl/N-ethyl adjacent to an activating group) is 1. The Kier molecular flexibility index (Phi) is 5.88. The molecule has 1 saturated heterocycles. The molecule has 1 fully saturated rings. The van der Waals surface area contributed by atoms with Gasteiger partial charge in [0.15, 0.2) is 0 Å². The maximum Gasteiger partial charge on any atom is 0.224 e. The zero-order valence-corrected chi connectivity index (χ0v) is 17.0. The molecule has 0 radical (unpaired) electrons. The topological polar surface area (TPSA) is 48.5 Å². The van der Waals surface area contributed by atoms with Crippen LogP contribution in [0.1, 0.15) is 18.4 Å². The van der Waals surface area contributed by atoms with Gasteiger partial charge in [0.25, 0.3) is 0 Å². The summed E-state index contributed by atoms with van der Waals surface area (Å²) in [7, 11) is 0. The van der Waals surface area contributed by atoms with Crippen molar-refractivity contribution in [3.8, 4) is 0 Å². The fourth-order valence-corrected chi connectivity index (χ4v) is 4.59. The number of benzene rings is 2. The lowest BCUT2D eigenvalue weighted by molar-refractivity contribution is -0.116. The largest absolute Gasteiger partial charge is 0.367 e. The van der Waals surface area contributed by atoms with Gasteiger partial charge >= 0.3 is 0 Å². The predicted molar refractivity (Wildman–Crippen MR) is 117 cm³/mol. The molecule has 1 aliphatic heterocycles. The molecule has 146 valence electrons. The number of hydrogen-bond acceptors (Lipinski definition) is 5. The molecule has 0 aliphatic carbocycles. The summed E-state index contributed by atoms with van der Waals surface area (Å²) in [6.07, 6.45) is 1.11. The molecule has 1 amide bonds. The number of piperazine rings is 1. The van der Waals surface area contributed by atoms with E-state index in [0.29, 0.717) is 12.8 Å². The highest BCUT2D eigenvalue weighted by atomic mass is 32.1. The molecule has 1 aromatic heterocycles. The van der Waals surface area contributed by atoms with Gasteiger partial charge in [-0.05, 0) is 30.8 Å². The fraction of sp³-hybridized carbons (Fsp3) is 0.364. The van der Waals surface area contributed by atoms with Crippen molar-refractivity contribution in [1.82, 2.24) is 9.88 Å². The van der Waals surface area contributed by atoms with Crippen LogP contribution >= 0.6 is 11.3 Å². The van der Waals surface area contributed by atoms with Crippen LogP contribution < -0.4 is 10.2 Å². The Bertz CT molecular complexity index is 913. The van der Waals surface area contributed by atoms with Crippen LogP contribution in [0, 0.1) is 0 Å². The van der Waals surface area contributed by atoms with Gasteiger partial charge in [0.2, 0.25) is 5.91 Å². The zero-order chi connectivity index (χ0) is 19.3. The third kappa shape index (κ3) is 4.34. The molecule has 5 nitrogen and oxygen atoms in total. The van der Waals surface area contributed by atoms with Gasteiger partial charge in [-0.2, -0.15) is 0 Å². The average molecular weight is 395 g/mol. The Morgan fingerprint density at radius 2 is 1.82 bits per heavy atom. The Labute approximate surface area is 170 Å². The first-order valence-electron chi connectivity index (χ1n) is 9.93. The summed E-state index contributed by atoms with van der Waals surface area (Å²) in [5.74, 6) is 0.0406. The second kappa shape index (κ2) is 8.71. The van der Waals surface area contributed by atoms with Crippen LogP contribution in [-0.2, 0) is 11.2 Å². The van der Waals surface area contributed by atoms with Crippen molar-refractivity contribution in [1.29, 1.82) is 0 Å². The molecule has 0 saturated carbocycles. The minimum atomic E-state index is 0.0406. The van der Waals surface area contributed by atoms with E-state index in [0.717, 1.165) is 54.6 Å². The monoisotopic (exact) mass is 394 g/mol. The van der Waals surface area contributed by atoms with E-state index < -0.39 is 0 Å². The van der Waals surface area contributed by atoms with Crippen LogP contribution in [0.3, 0.4) is 0 Å². The van der Waals surface area contributed by atoms with Crippen LogP contribution in [0.4, 0.5) is 11.4 Å². The highest BCUT2D eigenvalue weighted by Gasteiger charge is 2.18. The molecule has 0 unspecified atom stereocenters. The maximum atomic E-state index is 12.6. The standard InChI is InChI=1S/C22H26N4OS/c1-2-25-13-15-26(16-14-25)19-9-5-3-7-17(19)23-21(27)11-12-22-24-18-8-4-6-10-20(18)28-22/h3-10H,2,11-16H2,1H3,(H,23,27). The minimum Gasteiger partial charge on any atom is -0.367 e. The molecule has 2 aromatic carbocycles. The quantitative estimate of drug-likeness (QED) is 0.686. The molecule has 3 aromatic rings. The molecule has 1 aliphatic rings. The van der Waals surface area contributed by atoms with Gasteiger partial charge in [0.1, 0.15) is 0 Å². The number of aromatic nitrogens is 1. The highest BCUT2D eigenvalue weighted by molar-refractivity contribution is 7.18. The molecular formula is C22H26N4OS. The van der Waals surface area contributed by atoms with Crippen LogP contribution in [0.2, 0.25) is 0 Å². The number of carbonyl (C=O) groups is 1. The molecule has 28 heavy (non-hydrogen) atoms. The van der Waals surface area contributed by atoms with Crippen molar-refractivity contribution in [2.24, 2.45) is 0 Å². The van der Waals surface area contributed by atoms with E-state index in [2.05, 4.69) is 39.2 Å². The van der Waals surface area contributed by atoms with Crippen molar-refractivity contribution < 1.29 is 4.79 Å². The van der Waals surface area contributed by atoms with Crippen molar-refractivity contribution in [3.05, 3.63) is 53.5 Å². The number of amides is 1. The molecule has 0 spiro atoms. The van der Waals surface area contributed by atoms with Gasteiger partial charge in [0, 0.05) is 39.0 Å². The summed E-state index contributed by atoms with van der Waals surface area (Å²) in [6, 6.07) is 16.2. The van der Waals surface area contributed by atoms with Gasteiger partial charge in [-0.15, -0.1) is 11.3 Å². The number of carbonyl (C=O) groups excluding carboxylic acids is 1. The number of aryl methyl sites for hydroxylation is 1. The number of fused-ring (bicyclic) bond motifs is 1. The number of anilines is 2. The van der Waals surface area contributed by atoms with Gasteiger partial charge < -0.3 is 15.1 Å². The molecule has 1 N–H and O–H groups in total.